The Hall–Kier alpha value is -0.875. The van der Waals surface area contributed by atoms with E-state index in [1.54, 1.807) is 0 Å². The first-order valence-electron chi connectivity index (χ1n) is 6.72. The minimum atomic E-state index is -2.83. The van der Waals surface area contributed by atoms with Gasteiger partial charge in [0.1, 0.15) is 0 Å². The van der Waals surface area contributed by atoms with Crippen LogP contribution in [0.2, 0.25) is 6.32 Å². The van der Waals surface area contributed by atoms with Crippen molar-refractivity contribution in [1.82, 2.24) is 0 Å². The molecule has 0 aliphatic carbocycles. The third-order valence-corrected chi connectivity index (χ3v) is 3.94. The molecule has 1 rings (SSSR count). The van der Waals surface area contributed by atoms with Crippen molar-refractivity contribution >= 4 is 7.12 Å². The summed E-state index contributed by atoms with van der Waals surface area (Å²) in [6.07, 6.45) is 3.17. The minimum Gasteiger partial charge on any atom is -0.403 e. The van der Waals surface area contributed by atoms with Gasteiger partial charge in [-0.1, -0.05) is 6.08 Å². The van der Waals surface area contributed by atoms with Crippen molar-refractivity contribution in [2.24, 2.45) is 5.73 Å². The number of hydrogen-bond acceptors (Lipinski definition) is 3. The van der Waals surface area contributed by atoms with Gasteiger partial charge < -0.3 is 15.0 Å². The maximum absolute atomic E-state index is 13.0. The fraction of sp³-hybridized carbons (Fsp3) is 0.714. The maximum atomic E-state index is 13.0. The summed E-state index contributed by atoms with van der Waals surface area (Å²) in [5, 5.41) is 0. The molecule has 20 heavy (non-hydrogen) atoms. The second-order valence-electron chi connectivity index (χ2n) is 6.37. The summed E-state index contributed by atoms with van der Waals surface area (Å²) in [5.74, 6) is -2.83. The Bertz CT molecular complexity index is 409. The van der Waals surface area contributed by atoms with Crippen LogP contribution >= 0.6 is 0 Å². The molecule has 3 nitrogen and oxygen atoms in total. The number of nitrogens with two attached hydrogens (primary N) is 1. The number of halogens is 2. The predicted octanol–water partition coefficient (Wildman–Crippen LogP) is 3.52. The van der Waals surface area contributed by atoms with Gasteiger partial charge in [0, 0.05) is 18.9 Å². The second kappa shape index (κ2) is 5.49. The molecular weight excluding hydrogens is 263 g/mol. The van der Waals surface area contributed by atoms with Crippen LogP contribution in [-0.4, -0.2) is 24.2 Å². The molecule has 0 amide bonds. The summed E-state index contributed by atoms with van der Waals surface area (Å²) >= 11 is 0. The highest BCUT2D eigenvalue weighted by atomic mass is 19.3. The zero-order chi connectivity index (χ0) is 15.8. The molecule has 0 unspecified atom stereocenters. The van der Waals surface area contributed by atoms with Crippen LogP contribution in [0, 0.1) is 0 Å². The number of allylic oxidation sites excluding steroid dienone is 4. The van der Waals surface area contributed by atoms with E-state index >= 15 is 0 Å². The second-order valence-corrected chi connectivity index (χ2v) is 6.37. The topological polar surface area (TPSA) is 44.5 Å². The lowest BCUT2D eigenvalue weighted by molar-refractivity contribution is 0.00578. The lowest BCUT2D eigenvalue weighted by Gasteiger charge is -2.32. The molecule has 1 saturated heterocycles. The highest BCUT2D eigenvalue weighted by Crippen LogP contribution is 2.38. The molecule has 1 fully saturated rings. The molecule has 0 saturated carbocycles. The van der Waals surface area contributed by atoms with Crippen LogP contribution in [0.5, 0.6) is 0 Å². The SMILES string of the molecule is C/C(=C\C=C(\N)CB1OC(C)(C)C(C)(C)O1)C(C)(F)F. The lowest BCUT2D eigenvalue weighted by atomic mass is 9.83. The monoisotopic (exact) mass is 287 g/mol. The van der Waals surface area contributed by atoms with Gasteiger partial charge in [-0.15, -0.1) is 0 Å². The molecule has 0 atom stereocenters. The van der Waals surface area contributed by atoms with Gasteiger partial charge in [-0.25, -0.2) is 8.78 Å². The standard InChI is InChI=1S/C14H24BF2NO2/c1-10(14(6,16)17)7-8-11(18)9-15-19-12(2,3)13(4,5)20-15/h7-8H,9,18H2,1-6H3/b10-7+,11-8+. The Kier molecular flexibility index (Phi) is 4.71. The Balaban J connectivity index is 2.68. The van der Waals surface area contributed by atoms with Gasteiger partial charge in [-0.2, -0.15) is 0 Å². The van der Waals surface area contributed by atoms with Gasteiger partial charge in [0.25, 0.3) is 5.92 Å². The van der Waals surface area contributed by atoms with Crippen molar-refractivity contribution in [3.63, 3.8) is 0 Å². The van der Waals surface area contributed by atoms with Crippen molar-refractivity contribution in [3.8, 4) is 0 Å². The molecule has 0 aromatic rings. The Morgan fingerprint density at radius 1 is 1.15 bits per heavy atom. The first-order chi connectivity index (χ1) is 8.85. The van der Waals surface area contributed by atoms with Gasteiger partial charge in [0.2, 0.25) is 0 Å². The molecule has 1 aliphatic rings. The van der Waals surface area contributed by atoms with Crippen LogP contribution in [0.25, 0.3) is 0 Å². The van der Waals surface area contributed by atoms with Crippen LogP contribution in [0.1, 0.15) is 41.5 Å². The molecule has 6 heteroatoms. The minimum absolute atomic E-state index is 0.0330. The molecule has 0 bridgehead atoms. The van der Waals surface area contributed by atoms with Crippen LogP contribution in [-0.2, 0) is 9.31 Å². The fourth-order valence-corrected chi connectivity index (χ4v) is 1.69. The zero-order valence-electron chi connectivity index (χ0n) is 13.1. The zero-order valence-corrected chi connectivity index (χ0v) is 13.1. The van der Waals surface area contributed by atoms with Crippen molar-refractivity contribution in [1.29, 1.82) is 0 Å². The highest BCUT2D eigenvalue weighted by Gasteiger charge is 2.50. The normalized spacial score (nSPS) is 23.3. The summed E-state index contributed by atoms with van der Waals surface area (Å²) in [7, 11) is -0.452. The average molecular weight is 287 g/mol. The van der Waals surface area contributed by atoms with Crippen LogP contribution in [0.15, 0.2) is 23.4 Å². The van der Waals surface area contributed by atoms with Crippen molar-refractivity contribution in [2.45, 2.75) is 65.0 Å². The average Bonchev–Trinajstić information content (AvgIpc) is 2.41. The van der Waals surface area contributed by atoms with E-state index in [0.29, 0.717) is 12.0 Å². The van der Waals surface area contributed by atoms with E-state index in [4.69, 9.17) is 15.0 Å². The molecular formula is C14H24BF2NO2. The predicted molar refractivity (Wildman–Crippen MR) is 77.5 cm³/mol. The van der Waals surface area contributed by atoms with Gasteiger partial charge in [0.15, 0.2) is 0 Å². The molecule has 1 heterocycles. The summed E-state index contributed by atoms with van der Waals surface area (Å²) in [4.78, 5) is 0. The highest BCUT2D eigenvalue weighted by molar-refractivity contribution is 6.46. The number of hydrogen-bond donors (Lipinski definition) is 1. The third-order valence-electron chi connectivity index (χ3n) is 3.94. The molecule has 0 radical (unpaired) electrons. The molecule has 0 aromatic carbocycles. The molecule has 0 aromatic heterocycles. The molecule has 1 aliphatic heterocycles. The quantitative estimate of drug-likeness (QED) is 0.635. The Morgan fingerprint density at radius 2 is 1.60 bits per heavy atom. The van der Waals surface area contributed by atoms with E-state index in [-0.39, 0.29) is 5.57 Å². The smallest absolute Gasteiger partial charge is 0.403 e. The summed E-state index contributed by atoms with van der Waals surface area (Å²) in [5.41, 5.74) is 5.42. The first kappa shape index (κ1) is 17.2. The summed E-state index contributed by atoms with van der Waals surface area (Å²) in [6, 6.07) is 0. The number of alkyl halides is 2. The summed E-state index contributed by atoms with van der Waals surface area (Å²) < 4.78 is 37.6. The van der Waals surface area contributed by atoms with Crippen LogP contribution in [0.4, 0.5) is 8.78 Å². The van der Waals surface area contributed by atoms with Crippen LogP contribution in [0.3, 0.4) is 0 Å². The molecule has 114 valence electrons. The van der Waals surface area contributed by atoms with E-state index in [1.807, 2.05) is 27.7 Å². The summed E-state index contributed by atoms with van der Waals surface area (Å²) in [6.45, 7) is 10.0. The van der Waals surface area contributed by atoms with Gasteiger partial charge in [0.05, 0.1) is 11.2 Å². The lowest BCUT2D eigenvalue weighted by Crippen LogP contribution is -2.41. The number of rotatable bonds is 4. The Labute approximate surface area is 120 Å². The van der Waals surface area contributed by atoms with E-state index in [9.17, 15) is 8.78 Å². The maximum Gasteiger partial charge on any atom is 0.463 e. The molecule has 0 spiro atoms. The van der Waals surface area contributed by atoms with E-state index in [2.05, 4.69) is 0 Å². The third kappa shape index (κ3) is 4.06. The first-order valence-corrected chi connectivity index (χ1v) is 6.72. The largest absolute Gasteiger partial charge is 0.463 e. The van der Waals surface area contributed by atoms with Crippen LogP contribution < -0.4 is 5.73 Å². The van der Waals surface area contributed by atoms with Gasteiger partial charge >= 0.3 is 7.12 Å². The van der Waals surface area contributed by atoms with Crippen molar-refractivity contribution < 1.29 is 18.1 Å². The van der Waals surface area contributed by atoms with E-state index in [1.165, 1.54) is 19.1 Å². The van der Waals surface area contributed by atoms with E-state index < -0.39 is 24.2 Å². The van der Waals surface area contributed by atoms with E-state index in [0.717, 1.165) is 6.92 Å². The Morgan fingerprint density at radius 3 is 2.00 bits per heavy atom. The molecule has 2 N–H and O–H groups in total. The van der Waals surface area contributed by atoms with Crippen molar-refractivity contribution in [3.05, 3.63) is 23.4 Å². The van der Waals surface area contributed by atoms with Gasteiger partial charge in [-0.05, 0) is 46.3 Å². The van der Waals surface area contributed by atoms with Gasteiger partial charge in [-0.3, -0.25) is 0 Å². The van der Waals surface area contributed by atoms with Crippen molar-refractivity contribution in [2.75, 3.05) is 0 Å². The fourth-order valence-electron chi connectivity index (χ4n) is 1.69.